The Hall–Kier alpha value is -2.22. The first kappa shape index (κ1) is 15.2. The minimum atomic E-state index is -0.631. The number of carbonyl (C=O) groups is 1. The molecule has 114 valence electrons. The summed E-state index contributed by atoms with van der Waals surface area (Å²) in [5.74, 6) is -0.545. The average Bonchev–Trinajstić information content (AvgIpc) is 2.43. The van der Waals surface area contributed by atoms with Crippen molar-refractivity contribution in [3.63, 3.8) is 0 Å². The molecule has 1 heterocycles. The molecule has 1 aromatic rings. The van der Waals surface area contributed by atoms with E-state index in [9.17, 15) is 14.9 Å². The number of methoxy groups -OCH3 is 1. The Bertz CT molecular complexity index is 543. The maximum atomic E-state index is 11.5. The Morgan fingerprint density at radius 2 is 2.24 bits per heavy atom. The van der Waals surface area contributed by atoms with E-state index in [1.807, 2.05) is 6.92 Å². The molecule has 1 N–H and O–H groups in total. The SMILES string of the molecule is CCOC1CC(Nc2nc(C(=O)OC)ccc2[N+](=O)[O-])C1. The van der Waals surface area contributed by atoms with Crippen molar-refractivity contribution in [2.45, 2.75) is 31.9 Å². The van der Waals surface area contributed by atoms with Gasteiger partial charge in [-0.2, -0.15) is 0 Å². The van der Waals surface area contributed by atoms with Crippen LogP contribution in [0, 0.1) is 10.1 Å². The van der Waals surface area contributed by atoms with Crippen molar-refractivity contribution in [1.29, 1.82) is 0 Å². The van der Waals surface area contributed by atoms with E-state index in [2.05, 4.69) is 15.0 Å². The van der Waals surface area contributed by atoms with Gasteiger partial charge in [0.05, 0.1) is 18.1 Å². The van der Waals surface area contributed by atoms with Gasteiger partial charge in [0.25, 0.3) is 0 Å². The Labute approximate surface area is 121 Å². The molecule has 0 aliphatic heterocycles. The topological polar surface area (TPSA) is 104 Å². The number of rotatable bonds is 6. The van der Waals surface area contributed by atoms with Crippen LogP contribution >= 0.6 is 0 Å². The van der Waals surface area contributed by atoms with E-state index in [0.717, 1.165) is 12.8 Å². The summed E-state index contributed by atoms with van der Waals surface area (Å²) >= 11 is 0. The Morgan fingerprint density at radius 1 is 1.52 bits per heavy atom. The fraction of sp³-hybridized carbons (Fsp3) is 0.538. The molecule has 0 radical (unpaired) electrons. The molecule has 2 rings (SSSR count). The van der Waals surface area contributed by atoms with Crippen molar-refractivity contribution < 1.29 is 19.2 Å². The molecule has 1 aromatic heterocycles. The smallest absolute Gasteiger partial charge is 0.356 e. The molecule has 0 spiro atoms. The van der Waals surface area contributed by atoms with Gasteiger partial charge in [0.2, 0.25) is 5.82 Å². The molecule has 0 atom stereocenters. The van der Waals surface area contributed by atoms with Crippen LogP contribution in [0.4, 0.5) is 11.5 Å². The van der Waals surface area contributed by atoms with Crippen molar-refractivity contribution in [3.8, 4) is 0 Å². The molecule has 0 bridgehead atoms. The van der Waals surface area contributed by atoms with Gasteiger partial charge in [0, 0.05) is 18.7 Å². The summed E-state index contributed by atoms with van der Waals surface area (Å²) in [6.07, 6.45) is 1.69. The maximum absolute atomic E-state index is 11.5. The monoisotopic (exact) mass is 295 g/mol. The molecule has 0 saturated heterocycles. The molecule has 0 amide bonds. The Balaban J connectivity index is 2.12. The number of esters is 1. The number of nitrogens with one attached hydrogen (secondary N) is 1. The van der Waals surface area contributed by atoms with Gasteiger partial charge in [-0.1, -0.05) is 0 Å². The third kappa shape index (κ3) is 3.46. The average molecular weight is 295 g/mol. The van der Waals surface area contributed by atoms with E-state index in [0.29, 0.717) is 6.61 Å². The van der Waals surface area contributed by atoms with Gasteiger partial charge in [0.15, 0.2) is 5.69 Å². The summed E-state index contributed by atoms with van der Waals surface area (Å²) in [5.41, 5.74) is -0.131. The first-order chi connectivity index (χ1) is 10.0. The number of hydrogen-bond acceptors (Lipinski definition) is 7. The molecular formula is C13H17N3O5. The molecule has 8 heteroatoms. The highest BCUT2D eigenvalue weighted by Crippen LogP contribution is 2.30. The number of ether oxygens (including phenoxy) is 2. The standard InChI is InChI=1S/C13H17N3O5/c1-3-21-9-6-8(7-9)14-12-11(16(18)19)5-4-10(15-12)13(17)20-2/h4-5,8-9H,3,6-7H2,1-2H3,(H,14,15). The van der Waals surface area contributed by atoms with Crippen LogP contribution in [-0.4, -0.2) is 41.7 Å². The predicted molar refractivity (Wildman–Crippen MR) is 74.3 cm³/mol. The van der Waals surface area contributed by atoms with Crippen LogP contribution in [0.2, 0.25) is 0 Å². The molecule has 1 aliphatic carbocycles. The van der Waals surface area contributed by atoms with E-state index in [-0.39, 0.29) is 29.3 Å². The third-order valence-electron chi connectivity index (χ3n) is 3.30. The zero-order valence-corrected chi connectivity index (χ0v) is 11.9. The number of aromatic nitrogens is 1. The number of carbonyl (C=O) groups excluding carboxylic acids is 1. The third-order valence-corrected chi connectivity index (χ3v) is 3.30. The summed E-state index contributed by atoms with van der Waals surface area (Å²) in [6.45, 7) is 2.57. The van der Waals surface area contributed by atoms with E-state index in [4.69, 9.17) is 4.74 Å². The zero-order valence-electron chi connectivity index (χ0n) is 11.9. The largest absolute Gasteiger partial charge is 0.464 e. The highest BCUT2D eigenvalue weighted by molar-refractivity contribution is 5.88. The van der Waals surface area contributed by atoms with Crippen LogP contribution in [0.15, 0.2) is 12.1 Å². The van der Waals surface area contributed by atoms with Gasteiger partial charge < -0.3 is 14.8 Å². The van der Waals surface area contributed by atoms with Crippen molar-refractivity contribution >= 4 is 17.5 Å². The van der Waals surface area contributed by atoms with Crippen LogP contribution in [0.5, 0.6) is 0 Å². The Morgan fingerprint density at radius 3 is 2.81 bits per heavy atom. The van der Waals surface area contributed by atoms with Gasteiger partial charge >= 0.3 is 11.7 Å². The zero-order chi connectivity index (χ0) is 15.4. The van der Waals surface area contributed by atoms with Crippen molar-refractivity contribution in [2.24, 2.45) is 0 Å². The lowest BCUT2D eigenvalue weighted by Gasteiger charge is -2.35. The van der Waals surface area contributed by atoms with Gasteiger partial charge in [-0.25, -0.2) is 9.78 Å². The second-order valence-electron chi connectivity index (χ2n) is 4.70. The predicted octanol–water partition coefficient (Wildman–Crippen LogP) is 1.76. The summed E-state index contributed by atoms with van der Waals surface area (Å²) in [4.78, 5) is 25.9. The van der Waals surface area contributed by atoms with Crippen LogP contribution in [-0.2, 0) is 9.47 Å². The molecule has 1 aliphatic rings. The Kier molecular flexibility index (Phi) is 4.69. The van der Waals surface area contributed by atoms with Crippen molar-refractivity contribution in [3.05, 3.63) is 27.9 Å². The highest BCUT2D eigenvalue weighted by atomic mass is 16.6. The molecule has 0 aromatic carbocycles. The first-order valence-corrected chi connectivity index (χ1v) is 6.67. The van der Waals surface area contributed by atoms with Gasteiger partial charge in [0.1, 0.15) is 0 Å². The van der Waals surface area contributed by atoms with E-state index in [1.54, 1.807) is 0 Å². The number of hydrogen-bond donors (Lipinski definition) is 1. The second-order valence-corrected chi connectivity index (χ2v) is 4.70. The lowest BCUT2D eigenvalue weighted by Crippen LogP contribution is -2.41. The number of anilines is 1. The minimum Gasteiger partial charge on any atom is -0.464 e. The normalized spacial score (nSPS) is 20.5. The number of nitrogens with zero attached hydrogens (tertiary/aromatic N) is 2. The van der Waals surface area contributed by atoms with Crippen LogP contribution in [0.3, 0.4) is 0 Å². The van der Waals surface area contributed by atoms with Crippen molar-refractivity contribution in [2.75, 3.05) is 19.0 Å². The first-order valence-electron chi connectivity index (χ1n) is 6.67. The minimum absolute atomic E-state index is 0.0336. The highest BCUT2D eigenvalue weighted by Gasteiger charge is 2.31. The molecule has 1 saturated carbocycles. The second kappa shape index (κ2) is 6.49. The van der Waals surface area contributed by atoms with Crippen LogP contribution in [0.25, 0.3) is 0 Å². The molecule has 8 nitrogen and oxygen atoms in total. The van der Waals surface area contributed by atoms with Gasteiger partial charge in [-0.05, 0) is 25.8 Å². The quantitative estimate of drug-likeness (QED) is 0.484. The number of nitro groups is 1. The van der Waals surface area contributed by atoms with Gasteiger partial charge in [-0.15, -0.1) is 0 Å². The van der Waals surface area contributed by atoms with Crippen LogP contribution in [0.1, 0.15) is 30.3 Å². The van der Waals surface area contributed by atoms with E-state index >= 15 is 0 Å². The number of pyridine rings is 1. The van der Waals surface area contributed by atoms with E-state index in [1.165, 1.54) is 19.2 Å². The van der Waals surface area contributed by atoms with E-state index < -0.39 is 10.9 Å². The summed E-state index contributed by atoms with van der Waals surface area (Å²) in [7, 11) is 1.23. The fourth-order valence-corrected chi connectivity index (χ4v) is 2.17. The summed E-state index contributed by atoms with van der Waals surface area (Å²) in [6, 6.07) is 2.58. The molecule has 0 unspecified atom stereocenters. The summed E-state index contributed by atoms with van der Waals surface area (Å²) in [5, 5.41) is 14.0. The van der Waals surface area contributed by atoms with Crippen molar-refractivity contribution in [1.82, 2.24) is 4.98 Å². The lowest BCUT2D eigenvalue weighted by molar-refractivity contribution is -0.384. The summed E-state index contributed by atoms with van der Waals surface area (Å²) < 4.78 is 10.0. The fourth-order valence-electron chi connectivity index (χ4n) is 2.17. The molecular weight excluding hydrogens is 278 g/mol. The lowest BCUT2D eigenvalue weighted by atomic mass is 9.89. The van der Waals surface area contributed by atoms with Crippen LogP contribution < -0.4 is 5.32 Å². The maximum Gasteiger partial charge on any atom is 0.356 e. The molecule has 21 heavy (non-hydrogen) atoms. The van der Waals surface area contributed by atoms with Gasteiger partial charge in [-0.3, -0.25) is 10.1 Å². The molecule has 1 fully saturated rings.